The number of halogens is 1. The van der Waals surface area contributed by atoms with E-state index in [-0.39, 0.29) is 22.5 Å². The smallest absolute Gasteiger partial charge is 0.268 e. The molecule has 0 saturated heterocycles. The molecule has 0 radical (unpaired) electrons. The molecule has 3 aromatic rings. The van der Waals surface area contributed by atoms with Gasteiger partial charge in [-0.3, -0.25) is 19.5 Å². The van der Waals surface area contributed by atoms with Gasteiger partial charge in [-0.05, 0) is 24.6 Å². The van der Waals surface area contributed by atoms with Gasteiger partial charge in [0.25, 0.3) is 11.2 Å². The number of nitro benzene ring substituents is 1. The highest BCUT2D eigenvalue weighted by Gasteiger charge is 2.16. The van der Waals surface area contributed by atoms with Crippen LogP contribution >= 0.6 is 11.6 Å². The Hall–Kier alpha value is -2.73. The van der Waals surface area contributed by atoms with Crippen molar-refractivity contribution in [3.8, 4) is 5.69 Å². The fourth-order valence-electron chi connectivity index (χ4n) is 2.49. The van der Waals surface area contributed by atoms with Crippen LogP contribution in [0.5, 0.6) is 0 Å². The van der Waals surface area contributed by atoms with Crippen LogP contribution in [0, 0.1) is 17.0 Å². The second kappa shape index (κ2) is 5.81. The van der Waals surface area contributed by atoms with Crippen molar-refractivity contribution < 1.29 is 4.92 Å². The van der Waals surface area contributed by atoms with Crippen LogP contribution in [0.1, 0.15) is 11.4 Å². The Morgan fingerprint density at radius 3 is 2.65 bits per heavy atom. The number of non-ortho nitro benzene ring substituents is 1. The second-order valence-electron chi connectivity index (χ2n) is 5.05. The number of hydrogen-bond acceptors (Lipinski definition) is 4. The van der Waals surface area contributed by atoms with E-state index in [2.05, 4.69) is 4.98 Å². The average molecular weight is 330 g/mol. The second-order valence-corrected chi connectivity index (χ2v) is 5.31. The molecule has 2 aromatic carbocycles. The molecule has 7 heteroatoms. The van der Waals surface area contributed by atoms with E-state index in [1.165, 1.54) is 22.8 Å². The SMILES string of the molecule is Cc1ccccc1-n1c(CCl)nc2ccc([N+](=O)[O-])cc2c1=O. The molecule has 3 rings (SSSR count). The molecular formula is C16H12ClN3O3. The van der Waals surface area contributed by atoms with Crippen molar-refractivity contribution in [3.05, 3.63) is 74.3 Å². The lowest BCUT2D eigenvalue weighted by Crippen LogP contribution is -2.24. The highest BCUT2D eigenvalue weighted by molar-refractivity contribution is 6.16. The zero-order valence-corrected chi connectivity index (χ0v) is 12.9. The lowest BCUT2D eigenvalue weighted by molar-refractivity contribution is -0.384. The van der Waals surface area contributed by atoms with Crippen LogP contribution in [-0.4, -0.2) is 14.5 Å². The summed E-state index contributed by atoms with van der Waals surface area (Å²) < 4.78 is 1.41. The quantitative estimate of drug-likeness (QED) is 0.419. The van der Waals surface area contributed by atoms with Crippen LogP contribution in [0.15, 0.2) is 47.3 Å². The van der Waals surface area contributed by atoms with E-state index in [0.29, 0.717) is 17.0 Å². The van der Waals surface area contributed by atoms with Gasteiger partial charge >= 0.3 is 0 Å². The number of aromatic nitrogens is 2. The largest absolute Gasteiger partial charge is 0.270 e. The summed E-state index contributed by atoms with van der Waals surface area (Å²) in [5, 5.41) is 11.1. The minimum atomic E-state index is -0.535. The van der Waals surface area contributed by atoms with Crippen LogP contribution in [0.3, 0.4) is 0 Å². The van der Waals surface area contributed by atoms with Gasteiger partial charge in [-0.15, -0.1) is 11.6 Å². The third-order valence-corrected chi connectivity index (χ3v) is 3.85. The van der Waals surface area contributed by atoms with Crippen molar-refractivity contribution in [2.75, 3.05) is 0 Å². The molecule has 0 N–H and O–H groups in total. The van der Waals surface area contributed by atoms with E-state index in [1.807, 2.05) is 25.1 Å². The highest BCUT2D eigenvalue weighted by Crippen LogP contribution is 2.20. The first kappa shape index (κ1) is 15.2. The van der Waals surface area contributed by atoms with Crippen LogP contribution in [0.2, 0.25) is 0 Å². The standard InChI is InChI=1S/C16H12ClN3O3/c1-10-4-2-3-5-14(10)19-15(9-17)18-13-7-6-11(20(22)23)8-12(13)16(19)21/h2-8H,9H2,1H3. The normalized spacial score (nSPS) is 10.9. The van der Waals surface area contributed by atoms with E-state index < -0.39 is 4.92 Å². The fraction of sp³-hybridized carbons (Fsp3) is 0.125. The van der Waals surface area contributed by atoms with Crippen molar-refractivity contribution in [3.63, 3.8) is 0 Å². The number of nitrogens with zero attached hydrogens (tertiary/aromatic N) is 3. The van der Waals surface area contributed by atoms with Gasteiger partial charge in [-0.25, -0.2) is 4.98 Å². The van der Waals surface area contributed by atoms with E-state index in [9.17, 15) is 14.9 Å². The molecule has 1 heterocycles. The van der Waals surface area contributed by atoms with Crippen LogP contribution in [0.4, 0.5) is 5.69 Å². The Kier molecular flexibility index (Phi) is 3.83. The number of aryl methyl sites for hydroxylation is 1. The van der Waals surface area contributed by atoms with Crippen LogP contribution in [-0.2, 0) is 5.88 Å². The van der Waals surface area contributed by atoms with Crippen molar-refractivity contribution in [2.45, 2.75) is 12.8 Å². The van der Waals surface area contributed by atoms with Gasteiger partial charge < -0.3 is 0 Å². The number of nitro groups is 1. The predicted octanol–water partition coefficient (Wildman–Crippen LogP) is 3.34. The zero-order chi connectivity index (χ0) is 16.6. The Balaban J connectivity index is 2.41. The monoisotopic (exact) mass is 329 g/mol. The number of rotatable bonds is 3. The predicted molar refractivity (Wildman–Crippen MR) is 88.3 cm³/mol. The van der Waals surface area contributed by atoms with Gasteiger partial charge in [-0.1, -0.05) is 18.2 Å². The molecule has 0 spiro atoms. The molecule has 0 aliphatic rings. The van der Waals surface area contributed by atoms with Crippen molar-refractivity contribution in [1.29, 1.82) is 0 Å². The number of hydrogen-bond donors (Lipinski definition) is 0. The van der Waals surface area contributed by atoms with E-state index in [0.717, 1.165) is 5.56 Å². The van der Waals surface area contributed by atoms with Gasteiger partial charge in [-0.2, -0.15) is 0 Å². The summed E-state index contributed by atoms with van der Waals surface area (Å²) >= 11 is 5.96. The minimum absolute atomic E-state index is 0.0521. The van der Waals surface area contributed by atoms with Crippen LogP contribution in [0.25, 0.3) is 16.6 Å². The molecular weight excluding hydrogens is 318 g/mol. The first-order valence-electron chi connectivity index (χ1n) is 6.85. The molecule has 116 valence electrons. The van der Waals surface area contributed by atoms with Gasteiger partial charge in [0.05, 0.1) is 27.4 Å². The summed E-state index contributed by atoms with van der Waals surface area (Å²) in [7, 11) is 0. The third kappa shape index (κ3) is 2.57. The summed E-state index contributed by atoms with van der Waals surface area (Å²) in [4.78, 5) is 27.7. The molecule has 0 amide bonds. The molecule has 0 aliphatic carbocycles. The van der Waals surface area contributed by atoms with E-state index in [4.69, 9.17) is 11.6 Å². The minimum Gasteiger partial charge on any atom is -0.268 e. The van der Waals surface area contributed by atoms with Gasteiger partial charge in [0.1, 0.15) is 5.82 Å². The van der Waals surface area contributed by atoms with Gasteiger partial charge in [0.2, 0.25) is 0 Å². The van der Waals surface area contributed by atoms with E-state index in [1.54, 1.807) is 6.07 Å². The van der Waals surface area contributed by atoms with Crippen molar-refractivity contribution in [2.24, 2.45) is 0 Å². The highest BCUT2D eigenvalue weighted by atomic mass is 35.5. The Bertz CT molecular complexity index is 982. The Morgan fingerprint density at radius 1 is 1.26 bits per heavy atom. The molecule has 23 heavy (non-hydrogen) atoms. The average Bonchev–Trinajstić information content (AvgIpc) is 2.55. The lowest BCUT2D eigenvalue weighted by atomic mass is 10.1. The molecule has 0 bridgehead atoms. The maximum Gasteiger partial charge on any atom is 0.270 e. The third-order valence-electron chi connectivity index (χ3n) is 3.61. The van der Waals surface area contributed by atoms with Crippen molar-refractivity contribution >= 4 is 28.2 Å². The van der Waals surface area contributed by atoms with Gasteiger partial charge in [0.15, 0.2) is 0 Å². The first-order chi connectivity index (χ1) is 11.0. The first-order valence-corrected chi connectivity index (χ1v) is 7.38. The Morgan fingerprint density at radius 2 is 2.00 bits per heavy atom. The zero-order valence-electron chi connectivity index (χ0n) is 12.2. The summed E-state index contributed by atoms with van der Waals surface area (Å²) in [6.07, 6.45) is 0. The summed E-state index contributed by atoms with van der Waals surface area (Å²) in [6.45, 7) is 1.87. The maximum atomic E-state index is 12.9. The molecule has 0 fully saturated rings. The molecule has 0 unspecified atom stereocenters. The number of fused-ring (bicyclic) bond motifs is 1. The molecule has 0 saturated carbocycles. The number of benzene rings is 2. The fourth-order valence-corrected chi connectivity index (χ4v) is 2.66. The van der Waals surface area contributed by atoms with Crippen LogP contribution < -0.4 is 5.56 Å². The summed E-state index contributed by atoms with van der Waals surface area (Å²) in [6, 6.07) is 11.4. The van der Waals surface area contributed by atoms with Crippen molar-refractivity contribution in [1.82, 2.24) is 9.55 Å². The number of para-hydroxylation sites is 1. The van der Waals surface area contributed by atoms with E-state index >= 15 is 0 Å². The molecule has 6 nitrogen and oxygen atoms in total. The number of alkyl halides is 1. The summed E-state index contributed by atoms with van der Waals surface area (Å²) in [5.41, 5.74) is 1.41. The lowest BCUT2D eigenvalue weighted by Gasteiger charge is -2.13. The molecule has 0 atom stereocenters. The molecule has 1 aromatic heterocycles. The Labute approximate surface area is 136 Å². The summed E-state index contributed by atoms with van der Waals surface area (Å²) in [5.74, 6) is 0.448. The van der Waals surface area contributed by atoms with Gasteiger partial charge in [0, 0.05) is 12.1 Å². The molecule has 0 aliphatic heterocycles. The topological polar surface area (TPSA) is 78.0 Å². The maximum absolute atomic E-state index is 12.9.